The van der Waals surface area contributed by atoms with Crippen LogP contribution >= 0.6 is 0 Å². The van der Waals surface area contributed by atoms with Crippen molar-refractivity contribution in [2.45, 2.75) is 76.6 Å². The summed E-state index contributed by atoms with van der Waals surface area (Å²) in [5.41, 5.74) is 1.60. The number of aliphatic hydroxyl groups is 1. The summed E-state index contributed by atoms with van der Waals surface area (Å²) >= 11 is 0. The lowest BCUT2D eigenvalue weighted by atomic mass is 9.87. The van der Waals surface area contributed by atoms with Crippen molar-refractivity contribution in [2.75, 3.05) is 13.2 Å². The van der Waals surface area contributed by atoms with Gasteiger partial charge in [-0.25, -0.2) is 9.78 Å². The molecule has 4 N–H and O–H groups in total. The maximum atomic E-state index is 12.0. The second-order valence-electron chi connectivity index (χ2n) is 9.32. The molecule has 192 valence electrons. The summed E-state index contributed by atoms with van der Waals surface area (Å²) in [6.45, 7) is 1.08. The molecule has 1 aliphatic rings. The van der Waals surface area contributed by atoms with Crippen LogP contribution in [0.15, 0.2) is 42.9 Å². The molecule has 0 spiro atoms. The number of aromatic nitrogens is 2. The molecular weight excluding hydrogens is 448 g/mol. The molecule has 0 saturated heterocycles. The van der Waals surface area contributed by atoms with E-state index in [2.05, 4.69) is 20.2 Å². The summed E-state index contributed by atoms with van der Waals surface area (Å²) in [6.07, 6.45) is 11.5. The van der Waals surface area contributed by atoms with E-state index in [1.165, 1.54) is 32.1 Å². The molecule has 1 aromatic carbocycles. The summed E-state index contributed by atoms with van der Waals surface area (Å²) in [6, 6.07) is 7.96. The van der Waals surface area contributed by atoms with Crippen LogP contribution in [0.4, 0.5) is 4.79 Å². The number of carboxylic acids is 1. The van der Waals surface area contributed by atoms with Gasteiger partial charge >= 0.3 is 12.1 Å². The first-order valence-corrected chi connectivity index (χ1v) is 12.6. The number of aliphatic hydroxyl groups excluding tert-OH is 1. The number of carbonyl (C=O) groups excluding carboxylic acids is 1. The Bertz CT molecular complexity index is 898. The largest absolute Gasteiger partial charge is 0.480 e. The smallest absolute Gasteiger partial charge is 0.407 e. The number of ether oxygens (including phenoxy) is 1. The number of aryl methyl sites for hydroxylation is 1. The molecule has 9 heteroatoms. The Hall–Kier alpha value is -2.91. The molecule has 9 nitrogen and oxygen atoms in total. The molecule has 0 radical (unpaired) electrons. The van der Waals surface area contributed by atoms with E-state index in [-0.39, 0.29) is 19.6 Å². The van der Waals surface area contributed by atoms with E-state index in [0.717, 1.165) is 30.1 Å². The van der Waals surface area contributed by atoms with Gasteiger partial charge in [0.2, 0.25) is 0 Å². The minimum atomic E-state index is -0.961. The van der Waals surface area contributed by atoms with Crippen LogP contribution in [-0.4, -0.2) is 57.1 Å². The number of hydrogen-bond donors (Lipinski definition) is 4. The zero-order valence-corrected chi connectivity index (χ0v) is 20.3. The van der Waals surface area contributed by atoms with E-state index in [1.807, 2.05) is 36.5 Å². The molecule has 0 aliphatic heterocycles. The second-order valence-corrected chi connectivity index (χ2v) is 9.32. The highest BCUT2D eigenvalue weighted by Crippen LogP contribution is 2.26. The van der Waals surface area contributed by atoms with Gasteiger partial charge in [0.05, 0.1) is 24.7 Å². The molecule has 1 heterocycles. The van der Waals surface area contributed by atoms with Crippen LogP contribution in [0.5, 0.6) is 0 Å². The number of rotatable bonds is 14. The SMILES string of the molecule is O=C(N[C@H](CO)CCN[C@@H](Cc1cn(CCC2CCCCC2)cn1)C(=O)O)OCc1ccccc1. The summed E-state index contributed by atoms with van der Waals surface area (Å²) < 4.78 is 7.23. The summed E-state index contributed by atoms with van der Waals surface area (Å²) in [7, 11) is 0. The molecule has 1 aliphatic carbocycles. The third-order valence-corrected chi connectivity index (χ3v) is 6.56. The first-order valence-electron chi connectivity index (χ1n) is 12.6. The topological polar surface area (TPSA) is 126 Å². The van der Waals surface area contributed by atoms with Crippen LogP contribution in [0, 0.1) is 5.92 Å². The number of imidazole rings is 1. The maximum absolute atomic E-state index is 12.0. The molecule has 1 fully saturated rings. The normalized spacial score (nSPS) is 15.9. The fraction of sp³-hybridized carbons (Fsp3) is 0.577. The number of benzene rings is 1. The van der Waals surface area contributed by atoms with E-state index in [4.69, 9.17) is 4.74 Å². The van der Waals surface area contributed by atoms with Crippen LogP contribution in [0.25, 0.3) is 0 Å². The van der Waals surface area contributed by atoms with Crippen LogP contribution in [0.2, 0.25) is 0 Å². The minimum absolute atomic E-state index is 0.136. The maximum Gasteiger partial charge on any atom is 0.407 e. The molecule has 1 saturated carbocycles. The van der Waals surface area contributed by atoms with Gasteiger partial charge in [0.15, 0.2) is 0 Å². The Morgan fingerprint density at radius 1 is 1.17 bits per heavy atom. The van der Waals surface area contributed by atoms with Gasteiger partial charge in [0.25, 0.3) is 0 Å². The molecular formula is C26H38N4O5. The Labute approximate surface area is 206 Å². The van der Waals surface area contributed by atoms with Crippen molar-refractivity contribution in [2.24, 2.45) is 5.92 Å². The number of carboxylic acid groups (broad SMARTS) is 1. The first-order chi connectivity index (χ1) is 17.0. The summed E-state index contributed by atoms with van der Waals surface area (Å²) in [5, 5.41) is 24.8. The third-order valence-electron chi connectivity index (χ3n) is 6.56. The Balaban J connectivity index is 1.38. The van der Waals surface area contributed by atoms with Crippen molar-refractivity contribution in [3.05, 3.63) is 54.1 Å². The van der Waals surface area contributed by atoms with Gasteiger partial charge in [-0.1, -0.05) is 62.4 Å². The number of hydrogen-bond acceptors (Lipinski definition) is 6. The molecule has 2 aromatic rings. The monoisotopic (exact) mass is 486 g/mol. The van der Waals surface area contributed by atoms with E-state index in [1.54, 1.807) is 6.33 Å². The average Bonchev–Trinajstić information content (AvgIpc) is 3.33. The molecule has 1 aromatic heterocycles. The predicted octanol–water partition coefficient (Wildman–Crippen LogP) is 3.12. The van der Waals surface area contributed by atoms with Gasteiger partial charge in [-0.15, -0.1) is 0 Å². The van der Waals surface area contributed by atoms with Gasteiger partial charge in [-0.2, -0.15) is 0 Å². The standard InChI is InChI=1S/C26H38N4O5/c31-17-22(29-26(34)35-18-21-9-5-2-6-10-21)11-13-27-24(25(32)33)15-23-16-30(19-28-23)14-12-20-7-3-1-4-8-20/h2,5-6,9-10,16,19-20,22,24,27,31H,1,3-4,7-8,11-15,17-18H2,(H,29,34)(H,32,33)/t22-,24-/m0/s1. The van der Waals surface area contributed by atoms with E-state index in [9.17, 15) is 19.8 Å². The highest BCUT2D eigenvalue weighted by Gasteiger charge is 2.20. The first kappa shape index (κ1) is 26.7. The number of nitrogens with zero attached hydrogens (tertiary/aromatic N) is 2. The summed E-state index contributed by atoms with van der Waals surface area (Å²) in [4.78, 5) is 28.2. The fourth-order valence-corrected chi connectivity index (χ4v) is 4.47. The summed E-state index contributed by atoms with van der Waals surface area (Å²) in [5.74, 6) is -0.177. The van der Waals surface area contributed by atoms with Crippen LogP contribution in [0.1, 0.15) is 56.2 Å². The van der Waals surface area contributed by atoms with Crippen molar-refractivity contribution in [3.8, 4) is 0 Å². The van der Waals surface area contributed by atoms with E-state index < -0.39 is 24.1 Å². The number of alkyl carbamates (subject to hydrolysis) is 1. The Morgan fingerprint density at radius 2 is 1.94 bits per heavy atom. The van der Waals surface area contributed by atoms with E-state index >= 15 is 0 Å². The lowest BCUT2D eigenvalue weighted by Gasteiger charge is -2.21. The number of amides is 1. The van der Waals surface area contributed by atoms with Crippen LogP contribution in [-0.2, 0) is 29.1 Å². The predicted molar refractivity (Wildman–Crippen MR) is 132 cm³/mol. The lowest BCUT2D eigenvalue weighted by Crippen LogP contribution is -2.43. The zero-order chi connectivity index (χ0) is 24.9. The lowest BCUT2D eigenvalue weighted by molar-refractivity contribution is -0.139. The van der Waals surface area contributed by atoms with Gasteiger partial charge < -0.3 is 30.2 Å². The van der Waals surface area contributed by atoms with Crippen LogP contribution < -0.4 is 10.6 Å². The average molecular weight is 487 g/mol. The molecule has 2 atom stereocenters. The van der Waals surface area contributed by atoms with Gasteiger partial charge in [0.1, 0.15) is 12.6 Å². The van der Waals surface area contributed by atoms with E-state index in [0.29, 0.717) is 13.0 Å². The molecule has 0 unspecified atom stereocenters. The quantitative estimate of drug-likeness (QED) is 0.323. The van der Waals surface area contributed by atoms with Crippen molar-refractivity contribution < 1.29 is 24.5 Å². The Kier molecular flexibility index (Phi) is 11.0. The van der Waals surface area contributed by atoms with Gasteiger partial charge in [0, 0.05) is 19.2 Å². The number of carbonyl (C=O) groups is 2. The molecule has 3 rings (SSSR count). The highest BCUT2D eigenvalue weighted by molar-refractivity contribution is 5.73. The van der Waals surface area contributed by atoms with Crippen molar-refractivity contribution in [3.63, 3.8) is 0 Å². The van der Waals surface area contributed by atoms with Gasteiger partial charge in [-0.3, -0.25) is 4.79 Å². The van der Waals surface area contributed by atoms with Crippen molar-refractivity contribution in [1.29, 1.82) is 0 Å². The molecule has 0 bridgehead atoms. The fourth-order valence-electron chi connectivity index (χ4n) is 4.47. The minimum Gasteiger partial charge on any atom is -0.480 e. The third kappa shape index (κ3) is 9.70. The zero-order valence-electron chi connectivity index (χ0n) is 20.3. The molecule has 1 amide bonds. The van der Waals surface area contributed by atoms with Gasteiger partial charge in [-0.05, 0) is 30.9 Å². The molecule has 35 heavy (non-hydrogen) atoms. The van der Waals surface area contributed by atoms with Crippen molar-refractivity contribution in [1.82, 2.24) is 20.2 Å². The number of aliphatic carboxylic acids is 1. The number of nitrogens with one attached hydrogen (secondary N) is 2. The van der Waals surface area contributed by atoms with Crippen molar-refractivity contribution >= 4 is 12.1 Å². The Morgan fingerprint density at radius 3 is 2.66 bits per heavy atom. The van der Waals surface area contributed by atoms with Crippen LogP contribution in [0.3, 0.4) is 0 Å². The highest BCUT2D eigenvalue weighted by atomic mass is 16.5. The second kappa shape index (κ2) is 14.5.